The number of urea groups is 1. The van der Waals surface area contributed by atoms with Crippen LogP contribution in [0.3, 0.4) is 0 Å². The number of hydrogen-bond donors (Lipinski definition) is 1. The Morgan fingerprint density at radius 2 is 2.33 bits per heavy atom. The van der Waals surface area contributed by atoms with E-state index in [0.29, 0.717) is 23.8 Å². The highest BCUT2D eigenvalue weighted by Gasteiger charge is 2.14. The van der Waals surface area contributed by atoms with Crippen LogP contribution in [-0.2, 0) is 0 Å². The van der Waals surface area contributed by atoms with Gasteiger partial charge in [-0.05, 0) is 32.0 Å². The Kier molecular flexibility index (Phi) is 5.47. The highest BCUT2D eigenvalue weighted by molar-refractivity contribution is 6.30. The van der Waals surface area contributed by atoms with Crippen molar-refractivity contribution in [3.63, 3.8) is 0 Å². The van der Waals surface area contributed by atoms with E-state index in [1.807, 2.05) is 6.92 Å². The first-order valence-corrected chi connectivity index (χ1v) is 6.15. The van der Waals surface area contributed by atoms with Crippen LogP contribution in [-0.4, -0.2) is 24.0 Å². The number of nitrogens with zero attached hydrogens (tertiary/aromatic N) is 2. The molecule has 0 bridgehead atoms. The number of anilines is 1. The summed E-state index contributed by atoms with van der Waals surface area (Å²) in [6, 6.07) is 8.86. The van der Waals surface area contributed by atoms with E-state index in [1.165, 1.54) is 0 Å². The van der Waals surface area contributed by atoms with Gasteiger partial charge in [0.2, 0.25) is 0 Å². The molecule has 0 aliphatic carbocycles. The molecule has 0 aromatic heterocycles. The zero-order chi connectivity index (χ0) is 13.5. The molecule has 0 fully saturated rings. The first-order valence-electron chi connectivity index (χ1n) is 5.78. The van der Waals surface area contributed by atoms with E-state index in [9.17, 15) is 4.79 Å². The molecule has 1 unspecified atom stereocenters. The molecule has 0 radical (unpaired) electrons. The zero-order valence-electron chi connectivity index (χ0n) is 10.5. The van der Waals surface area contributed by atoms with Gasteiger partial charge in [-0.15, -0.1) is 0 Å². The van der Waals surface area contributed by atoms with Gasteiger partial charge in [-0.2, -0.15) is 5.26 Å². The third-order valence-electron chi connectivity index (χ3n) is 2.46. The van der Waals surface area contributed by atoms with E-state index < -0.39 is 0 Å². The van der Waals surface area contributed by atoms with E-state index in [2.05, 4.69) is 11.4 Å². The molecule has 0 aliphatic heterocycles. The topological polar surface area (TPSA) is 56.1 Å². The van der Waals surface area contributed by atoms with Crippen molar-refractivity contribution in [1.29, 1.82) is 5.26 Å². The lowest BCUT2D eigenvalue weighted by Crippen LogP contribution is -2.37. The third kappa shape index (κ3) is 4.27. The van der Waals surface area contributed by atoms with Crippen molar-refractivity contribution in [2.45, 2.75) is 13.8 Å². The summed E-state index contributed by atoms with van der Waals surface area (Å²) in [5.41, 5.74) is 0.649. The van der Waals surface area contributed by atoms with Gasteiger partial charge in [-0.1, -0.05) is 17.7 Å². The summed E-state index contributed by atoms with van der Waals surface area (Å²) in [5.74, 6) is -0.185. The average Bonchev–Trinajstić information content (AvgIpc) is 2.35. The molecule has 1 aromatic carbocycles. The van der Waals surface area contributed by atoms with E-state index in [-0.39, 0.29) is 11.9 Å². The molecule has 0 spiro atoms. The number of nitrogens with one attached hydrogen (secondary N) is 1. The Balaban J connectivity index is 2.66. The summed E-state index contributed by atoms with van der Waals surface area (Å²) in [4.78, 5) is 13.6. The van der Waals surface area contributed by atoms with Crippen molar-refractivity contribution in [2.24, 2.45) is 5.92 Å². The minimum absolute atomic E-state index is 0.185. The molecule has 1 rings (SSSR count). The van der Waals surface area contributed by atoms with Crippen molar-refractivity contribution in [3.05, 3.63) is 29.3 Å². The number of carbonyl (C=O) groups is 1. The lowest BCUT2D eigenvalue weighted by Gasteiger charge is -2.22. The van der Waals surface area contributed by atoms with Gasteiger partial charge in [0.15, 0.2) is 0 Å². The second-order valence-electron chi connectivity index (χ2n) is 4.01. The van der Waals surface area contributed by atoms with Crippen LogP contribution >= 0.6 is 11.6 Å². The number of nitriles is 1. The fourth-order valence-corrected chi connectivity index (χ4v) is 1.69. The van der Waals surface area contributed by atoms with Gasteiger partial charge in [0.25, 0.3) is 0 Å². The van der Waals surface area contributed by atoms with Gasteiger partial charge >= 0.3 is 6.03 Å². The highest BCUT2D eigenvalue weighted by atomic mass is 35.5. The lowest BCUT2D eigenvalue weighted by molar-refractivity contribution is 0.210. The first-order chi connectivity index (χ1) is 8.56. The zero-order valence-corrected chi connectivity index (χ0v) is 11.2. The monoisotopic (exact) mass is 265 g/mol. The average molecular weight is 266 g/mol. The number of amides is 2. The molecule has 0 saturated carbocycles. The van der Waals surface area contributed by atoms with E-state index >= 15 is 0 Å². The molecule has 5 heteroatoms. The smallest absolute Gasteiger partial charge is 0.321 e. The highest BCUT2D eigenvalue weighted by Crippen LogP contribution is 2.15. The maximum Gasteiger partial charge on any atom is 0.321 e. The molecule has 0 aliphatic rings. The molecule has 1 atom stereocenters. The maximum atomic E-state index is 12.0. The Morgan fingerprint density at radius 3 is 2.89 bits per heavy atom. The minimum Gasteiger partial charge on any atom is -0.324 e. The van der Waals surface area contributed by atoms with Crippen molar-refractivity contribution in [3.8, 4) is 6.07 Å². The standard InChI is InChI=1S/C13H16ClN3O/c1-3-17(9-10(2)8-15)13(18)16-12-6-4-5-11(14)7-12/h4-7,10H,3,9H2,1-2H3,(H,16,18). The number of benzene rings is 1. The third-order valence-corrected chi connectivity index (χ3v) is 2.69. The molecule has 2 amide bonds. The molecule has 1 N–H and O–H groups in total. The molecule has 18 heavy (non-hydrogen) atoms. The second kappa shape index (κ2) is 6.87. The summed E-state index contributed by atoms with van der Waals surface area (Å²) in [5, 5.41) is 12.1. The summed E-state index contributed by atoms with van der Waals surface area (Å²) in [6.45, 7) is 4.63. The summed E-state index contributed by atoms with van der Waals surface area (Å²) < 4.78 is 0. The predicted octanol–water partition coefficient (Wildman–Crippen LogP) is 3.35. The van der Waals surface area contributed by atoms with Gasteiger partial charge < -0.3 is 10.2 Å². The number of halogens is 1. The van der Waals surface area contributed by atoms with Crippen LogP contribution in [0.1, 0.15) is 13.8 Å². The van der Waals surface area contributed by atoms with Crippen LogP contribution in [0.4, 0.5) is 10.5 Å². The molecule has 0 heterocycles. The Morgan fingerprint density at radius 1 is 1.61 bits per heavy atom. The fourth-order valence-electron chi connectivity index (χ4n) is 1.50. The van der Waals surface area contributed by atoms with Crippen LogP contribution in [0.2, 0.25) is 5.02 Å². The lowest BCUT2D eigenvalue weighted by atomic mass is 10.2. The van der Waals surface area contributed by atoms with Gasteiger partial charge in [0.05, 0.1) is 12.0 Å². The van der Waals surface area contributed by atoms with Crippen LogP contribution in [0.15, 0.2) is 24.3 Å². The summed E-state index contributed by atoms with van der Waals surface area (Å²) in [6.07, 6.45) is 0. The van der Waals surface area contributed by atoms with Crippen LogP contribution < -0.4 is 5.32 Å². The largest absolute Gasteiger partial charge is 0.324 e. The van der Waals surface area contributed by atoms with Gasteiger partial charge in [-0.25, -0.2) is 4.79 Å². The van der Waals surface area contributed by atoms with Gasteiger partial charge in [-0.3, -0.25) is 0 Å². The van der Waals surface area contributed by atoms with Crippen molar-refractivity contribution in [1.82, 2.24) is 4.90 Å². The van der Waals surface area contributed by atoms with Gasteiger partial charge in [0.1, 0.15) is 0 Å². The molecule has 1 aromatic rings. The normalized spacial score (nSPS) is 11.4. The SMILES string of the molecule is CCN(CC(C)C#N)C(=O)Nc1cccc(Cl)c1. The number of carbonyl (C=O) groups excluding carboxylic acids is 1. The maximum absolute atomic E-state index is 12.0. The Hall–Kier alpha value is -1.73. The minimum atomic E-state index is -0.220. The van der Waals surface area contributed by atoms with Gasteiger partial charge in [0, 0.05) is 23.8 Å². The van der Waals surface area contributed by atoms with E-state index in [0.717, 1.165) is 0 Å². The molecular formula is C13H16ClN3O. The molecule has 0 saturated heterocycles. The van der Waals surface area contributed by atoms with Crippen molar-refractivity contribution < 1.29 is 4.79 Å². The van der Waals surface area contributed by atoms with Crippen LogP contribution in [0.25, 0.3) is 0 Å². The summed E-state index contributed by atoms with van der Waals surface area (Å²) in [7, 11) is 0. The second-order valence-corrected chi connectivity index (χ2v) is 4.45. The van der Waals surface area contributed by atoms with Crippen molar-refractivity contribution >= 4 is 23.3 Å². The number of rotatable bonds is 4. The van der Waals surface area contributed by atoms with E-state index in [4.69, 9.17) is 16.9 Å². The molecule has 4 nitrogen and oxygen atoms in total. The molecular weight excluding hydrogens is 250 g/mol. The fraction of sp³-hybridized carbons (Fsp3) is 0.385. The first kappa shape index (κ1) is 14.3. The van der Waals surface area contributed by atoms with Crippen LogP contribution in [0, 0.1) is 17.2 Å². The molecule has 96 valence electrons. The Bertz CT molecular complexity index is 456. The van der Waals surface area contributed by atoms with Crippen LogP contribution in [0.5, 0.6) is 0 Å². The number of hydrogen-bond acceptors (Lipinski definition) is 2. The van der Waals surface area contributed by atoms with Crippen molar-refractivity contribution in [2.75, 3.05) is 18.4 Å². The summed E-state index contributed by atoms with van der Waals surface area (Å²) >= 11 is 5.84. The predicted molar refractivity (Wildman–Crippen MR) is 72.5 cm³/mol. The van der Waals surface area contributed by atoms with E-state index in [1.54, 1.807) is 36.1 Å². The quantitative estimate of drug-likeness (QED) is 0.908. The Labute approximate surface area is 112 Å².